The van der Waals surface area contributed by atoms with Crippen LogP contribution in [0.4, 0.5) is 0 Å². The Kier molecular flexibility index (Phi) is 3.50. The van der Waals surface area contributed by atoms with Gasteiger partial charge in [-0.05, 0) is 36.8 Å². The Morgan fingerprint density at radius 1 is 1.18 bits per heavy atom. The number of hydrogen-bond donors (Lipinski definition) is 1. The minimum Gasteiger partial charge on any atom is -0.380 e. The number of halogens is 1. The molecule has 1 unspecified atom stereocenters. The highest BCUT2D eigenvalue weighted by molar-refractivity contribution is 9.10. The molecule has 3 heteroatoms. The molecule has 1 aromatic rings. The first-order valence-corrected chi connectivity index (χ1v) is 7.20. The molecule has 92 valence electrons. The molecule has 0 radical (unpaired) electrons. The molecule has 0 bridgehead atoms. The first-order valence-electron chi connectivity index (χ1n) is 6.41. The van der Waals surface area contributed by atoms with Crippen LogP contribution in [0.2, 0.25) is 0 Å². The third-order valence-electron chi connectivity index (χ3n) is 3.88. The van der Waals surface area contributed by atoms with Gasteiger partial charge in [0.2, 0.25) is 0 Å². The second-order valence-electron chi connectivity index (χ2n) is 5.11. The highest BCUT2D eigenvalue weighted by Gasteiger charge is 2.33. The zero-order valence-corrected chi connectivity index (χ0v) is 11.4. The number of nitrogens with one attached hydrogen (secondary N) is 1. The summed E-state index contributed by atoms with van der Waals surface area (Å²) in [5, 5.41) is 3.69. The van der Waals surface area contributed by atoms with Crippen molar-refractivity contribution in [2.24, 2.45) is 0 Å². The van der Waals surface area contributed by atoms with Crippen molar-refractivity contribution >= 4 is 15.9 Å². The zero-order valence-electron chi connectivity index (χ0n) is 9.86. The first-order chi connectivity index (χ1) is 8.33. The van der Waals surface area contributed by atoms with Gasteiger partial charge in [0.05, 0.1) is 6.61 Å². The Morgan fingerprint density at radius 2 is 2.00 bits per heavy atom. The summed E-state index contributed by atoms with van der Waals surface area (Å²) in [6, 6.07) is 9.88. The van der Waals surface area contributed by atoms with Crippen molar-refractivity contribution in [3.8, 4) is 0 Å². The molecule has 0 amide bonds. The lowest BCUT2D eigenvalue weighted by atomic mass is 9.75. The summed E-state index contributed by atoms with van der Waals surface area (Å²) in [5.74, 6) is 0.727. The molecule has 1 aliphatic heterocycles. The van der Waals surface area contributed by atoms with Gasteiger partial charge >= 0.3 is 0 Å². The molecular weight excluding hydrogens is 278 g/mol. The van der Waals surface area contributed by atoms with Crippen LogP contribution in [0.15, 0.2) is 28.7 Å². The second kappa shape index (κ2) is 5.09. The SMILES string of the molecule is Brc1ccccc1C1CC(NC2CCOC2)C1. The minimum atomic E-state index is 0.597. The third-order valence-corrected chi connectivity index (χ3v) is 4.61. The fourth-order valence-electron chi connectivity index (χ4n) is 2.81. The summed E-state index contributed by atoms with van der Waals surface area (Å²) in [4.78, 5) is 0. The van der Waals surface area contributed by atoms with Crippen molar-refractivity contribution in [1.82, 2.24) is 5.32 Å². The maximum atomic E-state index is 5.39. The van der Waals surface area contributed by atoms with Crippen molar-refractivity contribution in [2.75, 3.05) is 13.2 Å². The predicted molar refractivity (Wildman–Crippen MR) is 72.3 cm³/mol. The molecule has 1 N–H and O–H groups in total. The Hall–Kier alpha value is -0.380. The number of rotatable bonds is 3. The summed E-state index contributed by atoms with van der Waals surface area (Å²) in [6.45, 7) is 1.83. The number of ether oxygens (including phenoxy) is 1. The van der Waals surface area contributed by atoms with Gasteiger partial charge in [0.25, 0.3) is 0 Å². The van der Waals surface area contributed by atoms with E-state index in [1.807, 2.05) is 0 Å². The van der Waals surface area contributed by atoms with Crippen LogP contribution >= 0.6 is 15.9 Å². The van der Waals surface area contributed by atoms with Gasteiger partial charge in [0.1, 0.15) is 0 Å². The van der Waals surface area contributed by atoms with E-state index in [2.05, 4.69) is 45.5 Å². The second-order valence-corrected chi connectivity index (χ2v) is 5.97. The molecular formula is C14H18BrNO. The quantitative estimate of drug-likeness (QED) is 0.925. The lowest BCUT2D eigenvalue weighted by molar-refractivity contribution is 0.180. The monoisotopic (exact) mass is 295 g/mol. The molecule has 17 heavy (non-hydrogen) atoms. The lowest BCUT2D eigenvalue weighted by Gasteiger charge is -2.38. The predicted octanol–water partition coefficient (Wildman–Crippen LogP) is 3.07. The Balaban J connectivity index is 1.52. The highest BCUT2D eigenvalue weighted by Crippen LogP contribution is 2.40. The van der Waals surface area contributed by atoms with E-state index >= 15 is 0 Å². The van der Waals surface area contributed by atoms with Crippen LogP contribution in [-0.4, -0.2) is 25.3 Å². The molecule has 2 nitrogen and oxygen atoms in total. The van der Waals surface area contributed by atoms with Crippen LogP contribution in [0, 0.1) is 0 Å². The van der Waals surface area contributed by atoms with Gasteiger partial charge in [-0.1, -0.05) is 34.1 Å². The van der Waals surface area contributed by atoms with Crippen molar-refractivity contribution in [3.05, 3.63) is 34.3 Å². The zero-order chi connectivity index (χ0) is 11.7. The summed E-state index contributed by atoms with van der Waals surface area (Å²) < 4.78 is 6.64. The molecule has 1 saturated carbocycles. The molecule has 0 spiro atoms. The summed E-state index contributed by atoms with van der Waals surface area (Å²) in [6.07, 6.45) is 3.70. The molecule has 1 aromatic carbocycles. The first kappa shape index (κ1) is 11.7. The van der Waals surface area contributed by atoms with E-state index in [-0.39, 0.29) is 0 Å². The molecule has 1 saturated heterocycles. The number of hydrogen-bond acceptors (Lipinski definition) is 2. The fraction of sp³-hybridized carbons (Fsp3) is 0.571. The topological polar surface area (TPSA) is 21.3 Å². The summed E-state index contributed by atoms with van der Waals surface area (Å²) in [7, 11) is 0. The van der Waals surface area contributed by atoms with Gasteiger partial charge < -0.3 is 10.1 Å². The van der Waals surface area contributed by atoms with E-state index in [0.717, 1.165) is 19.1 Å². The number of benzene rings is 1. The minimum absolute atomic E-state index is 0.597. The van der Waals surface area contributed by atoms with Crippen LogP contribution in [0.5, 0.6) is 0 Å². The molecule has 1 heterocycles. The normalized spacial score (nSPS) is 32.4. The van der Waals surface area contributed by atoms with E-state index in [0.29, 0.717) is 12.1 Å². The van der Waals surface area contributed by atoms with Gasteiger partial charge in [-0.25, -0.2) is 0 Å². The maximum absolute atomic E-state index is 5.39. The molecule has 2 aliphatic rings. The fourth-order valence-corrected chi connectivity index (χ4v) is 3.42. The third kappa shape index (κ3) is 2.56. The van der Waals surface area contributed by atoms with Gasteiger partial charge in [0.15, 0.2) is 0 Å². The van der Waals surface area contributed by atoms with Gasteiger partial charge in [-0.3, -0.25) is 0 Å². The van der Waals surface area contributed by atoms with Crippen LogP contribution in [0.3, 0.4) is 0 Å². The smallest absolute Gasteiger partial charge is 0.0620 e. The molecule has 3 rings (SSSR count). The summed E-state index contributed by atoms with van der Waals surface area (Å²) in [5.41, 5.74) is 1.47. The molecule has 1 aliphatic carbocycles. The van der Waals surface area contributed by atoms with Gasteiger partial charge in [-0.15, -0.1) is 0 Å². The van der Waals surface area contributed by atoms with Crippen LogP contribution < -0.4 is 5.32 Å². The van der Waals surface area contributed by atoms with E-state index < -0.39 is 0 Å². The van der Waals surface area contributed by atoms with Crippen LogP contribution in [0.25, 0.3) is 0 Å². The van der Waals surface area contributed by atoms with Crippen LogP contribution in [0.1, 0.15) is 30.7 Å². The highest BCUT2D eigenvalue weighted by atomic mass is 79.9. The average molecular weight is 296 g/mol. The largest absolute Gasteiger partial charge is 0.380 e. The molecule has 2 fully saturated rings. The molecule has 1 atom stereocenters. The van der Waals surface area contributed by atoms with E-state index in [1.54, 1.807) is 0 Å². The Labute approximate surface area is 111 Å². The van der Waals surface area contributed by atoms with Crippen molar-refractivity contribution < 1.29 is 4.74 Å². The van der Waals surface area contributed by atoms with Crippen molar-refractivity contribution in [1.29, 1.82) is 0 Å². The van der Waals surface area contributed by atoms with E-state index in [1.165, 1.54) is 29.3 Å². The van der Waals surface area contributed by atoms with Crippen LogP contribution in [-0.2, 0) is 4.74 Å². The van der Waals surface area contributed by atoms with E-state index in [4.69, 9.17) is 4.74 Å². The average Bonchev–Trinajstić information content (AvgIpc) is 2.77. The lowest BCUT2D eigenvalue weighted by Crippen LogP contribution is -2.45. The van der Waals surface area contributed by atoms with Gasteiger partial charge in [-0.2, -0.15) is 0 Å². The van der Waals surface area contributed by atoms with Crippen molar-refractivity contribution in [3.63, 3.8) is 0 Å². The molecule has 0 aromatic heterocycles. The Bertz CT molecular complexity index is 384. The van der Waals surface area contributed by atoms with Crippen molar-refractivity contribution in [2.45, 2.75) is 37.3 Å². The standard InChI is InChI=1S/C14H18BrNO/c15-14-4-2-1-3-13(14)10-7-12(8-10)16-11-5-6-17-9-11/h1-4,10-12,16H,5-9H2. The van der Waals surface area contributed by atoms with Gasteiger partial charge in [0, 0.05) is 23.2 Å². The van der Waals surface area contributed by atoms with E-state index in [9.17, 15) is 0 Å². The Morgan fingerprint density at radius 3 is 2.71 bits per heavy atom. The summed E-state index contributed by atoms with van der Waals surface area (Å²) >= 11 is 3.64. The maximum Gasteiger partial charge on any atom is 0.0620 e.